The summed E-state index contributed by atoms with van der Waals surface area (Å²) < 4.78 is 10.4. The summed E-state index contributed by atoms with van der Waals surface area (Å²) in [6.45, 7) is 8.27. The summed E-state index contributed by atoms with van der Waals surface area (Å²) >= 11 is 0. The molecule has 0 heterocycles. The molecular formula is C30H30O4. The molecule has 0 amide bonds. The first-order valence-corrected chi connectivity index (χ1v) is 11.5. The number of carbonyl (C=O) groups is 2. The third kappa shape index (κ3) is 6.59. The highest BCUT2D eigenvalue weighted by molar-refractivity contribution is 5.97. The Morgan fingerprint density at radius 1 is 0.853 bits per heavy atom. The predicted molar refractivity (Wildman–Crippen MR) is 137 cm³/mol. The standard InChI is InChI=1S/C30H30O4/c1-5-33-29(31)26(18-23-14-11-21(3)12-15-23)10-8-7-9-24-19-27(30(32)34-6-2)20-25-16-13-22(4)17-28(24)25/h11-20H,5-6,9-10H2,1-4H3/b26-18-. The molecule has 174 valence electrons. The lowest BCUT2D eigenvalue weighted by Crippen LogP contribution is -2.07. The quantitative estimate of drug-likeness (QED) is 0.242. The van der Waals surface area contributed by atoms with E-state index in [4.69, 9.17) is 9.47 Å². The second kappa shape index (κ2) is 11.9. The Kier molecular flexibility index (Phi) is 8.65. The number of hydrogen-bond donors (Lipinski definition) is 0. The molecule has 34 heavy (non-hydrogen) atoms. The van der Waals surface area contributed by atoms with Crippen molar-refractivity contribution in [3.05, 3.63) is 88.0 Å². The highest BCUT2D eigenvalue weighted by atomic mass is 16.5. The van der Waals surface area contributed by atoms with E-state index < -0.39 is 0 Å². The molecule has 0 aliphatic carbocycles. The second-order valence-electron chi connectivity index (χ2n) is 8.09. The van der Waals surface area contributed by atoms with Crippen molar-refractivity contribution in [2.75, 3.05) is 13.2 Å². The van der Waals surface area contributed by atoms with Crippen LogP contribution in [0.3, 0.4) is 0 Å². The largest absolute Gasteiger partial charge is 0.463 e. The maximum Gasteiger partial charge on any atom is 0.338 e. The van der Waals surface area contributed by atoms with E-state index in [0.717, 1.165) is 33.0 Å². The molecule has 3 aromatic rings. The Balaban J connectivity index is 1.88. The van der Waals surface area contributed by atoms with Gasteiger partial charge >= 0.3 is 11.9 Å². The van der Waals surface area contributed by atoms with E-state index in [1.54, 1.807) is 13.8 Å². The maximum atomic E-state index is 12.5. The van der Waals surface area contributed by atoms with Gasteiger partial charge in [0, 0.05) is 18.4 Å². The van der Waals surface area contributed by atoms with Crippen molar-refractivity contribution in [3.63, 3.8) is 0 Å². The molecule has 0 saturated carbocycles. The number of carbonyl (C=O) groups excluding carboxylic acids is 2. The van der Waals surface area contributed by atoms with Gasteiger partial charge in [0.2, 0.25) is 0 Å². The van der Waals surface area contributed by atoms with E-state index in [1.165, 1.54) is 0 Å². The first-order valence-electron chi connectivity index (χ1n) is 11.5. The van der Waals surface area contributed by atoms with Crippen LogP contribution in [0.5, 0.6) is 0 Å². The third-order valence-corrected chi connectivity index (χ3v) is 5.35. The molecule has 0 spiro atoms. The Morgan fingerprint density at radius 3 is 2.26 bits per heavy atom. The van der Waals surface area contributed by atoms with Crippen LogP contribution in [0.1, 0.15) is 52.9 Å². The summed E-state index contributed by atoms with van der Waals surface area (Å²) in [5, 5.41) is 2.03. The number of esters is 2. The highest BCUT2D eigenvalue weighted by Crippen LogP contribution is 2.24. The Labute approximate surface area is 201 Å². The monoisotopic (exact) mass is 454 g/mol. The molecule has 3 aromatic carbocycles. The summed E-state index contributed by atoms with van der Waals surface area (Å²) in [5.74, 6) is 5.60. The zero-order valence-corrected chi connectivity index (χ0v) is 20.2. The zero-order chi connectivity index (χ0) is 24.5. The van der Waals surface area contributed by atoms with Gasteiger partial charge in [-0.15, -0.1) is 0 Å². The van der Waals surface area contributed by atoms with Crippen molar-refractivity contribution in [2.45, 2.75) is 40.5 Å². The van der Waals surface area contributed by atoms with Crippen LogP contribution in [0.15, 0.2) is 60.2 Å². The summed E-state index contributed by atoms with van der Waals surface area (Å²) in [7, 11) is 0. The van der Waals surface area contributed by atoms with E-state index in [1.807, 2.05) is 68.5 Å². The molecule has 4 heteroatoms. The van der Waals surface area contributed by atoms with E-state index in [2.05, 4.69) is 17.9 Å². The van der Waals surface area contributed by atoms with Crippen molar-refractivity contribution >= 4 is 28.8 Å². The smallest absolute Gasteiger partial charge is 0.338 e. The number of aryl methyl sites for hydroxylation is 2. The van der Waals surface area contributed by atoms with E-state index >= 15 is 0 Å². The first kappa shape index (κ1) is 24.8. The summed E-state index contributed by atoms with van der Waals surface area (Å²) in [6.07, 6.45) is 2.56. The van der Waals surface area contributed by atoms with E-state index in [9.17, 15) is 9.59 Å². The average Bonchev–Trinajstić information content (AvgIpc) is 2.82. The molecule has 0 saturated heterocycles. The molecule has 0 unspecified atom stereocenters. The van der Waals surface area contributed by atoms with Gasteiger partial charge in [-0.05, 0) is 67.8 Å². The van der Waals surface area contributed by atoms with Gasteiger partial charge in [-0.3, -0.25) is 0 Å². The molecule has 0 aliphatic rings. The molecule has 4 nitrogen and oxygen atoms in total. The topological polar surface area (TPSA) is 52.6 Å². The van der Waals surface area contributed by atoms with Gasteiger partial charge in [0.1, 0.15) is 0 Å². The lowest BCUT2D eigenvalue weighted by atomic mass is 9.97. The Bertz CT molecular complexity index is 1270. The van der Waals surface area contributed by atoms with Crippen LogP contribution in [0.4, 0.5) is 0 Å². The van der Waals surface area contributed by atoms with Crippen molar-refractivity contribution in [2.24, 2.45) is 0 Å². The highest BCUT2D eigenvalue weighted by Gasteiger charge is 2.12. The number of hydrogen-bond acceptors (Lipinski definition) is 4. The average molecular weight is 455 g/mol. The molecule has 0 N–H and O–H groups in total. The van der Waals surface area contributed by atoms with Gasteiger partial charge in [-0.1, -0.05) is 65.4 Å². The molecule has 0 aromatic heterocycles. The number of benzene rings is 3. The zero-order valence-electron chi connectivity index (χ0n) is 20.2. The fourth-order valence-corrected chi connectivity index (χ4v) is 3.61. The summed E-state index contributed by atoms with van der Waals surface area (Å²) in [4.78, 5) is 24.8. The van der Waals surface area contributed by atoms with Gasteiger partial charge in [0.25, 0.3) is 0 Å². The van der Waals surface area contributed by atoms with Crippen LogP contribution in [-0.4, -0.2) is 25.2 Å². The van der Waals surface area contributed by atoms with Crippen LogP contribution < -0.4 is 0 Å². The first-order chi connectivity index (χ1) is 16.4. The fraction of sp³-hybridized carbons (Fsp3) is 0.267. The summed E-state index contributed by atoms with van der Waals surface area (Å²) in [6, 6.07) is 17.8. The number of ether oxygens (including phenoxy) is 2. The van der Waals surface area contributed by atoms with Gasteiger partial charge in [-0.25, -0.2) is 9.59 Å². The van der Waals surface area contributed by atoms with Gasteiger partial charge in [0.05, 0.1) is 18.8 Å². The molecule has 0 bridgehead atoms. The molecule has 0 radical (unpaired) electrons. The van der Waals surface area contributed by atoms with Gasteiger partial charge in [-0.2, -0.15) is 0 Å². The fourth-order valence-electron chi connectivity index (χ4n) is 3.61. The molecule has 0 fully saturated rings. The van der Waals surface area contributed by atoms with Crippen molar-refractivity contribution in [3.8, 4) is 11.8 Å². The maximum absolute atomic E-state index is 12.5. The predicted octanol–water partition coefficient (Wildman–Crippen LogP) is 6.22. The molecule has 3 rings (SSSR count). The van der Waals surface area contributed by atoms with Gasteiger partial charge < -0.3 is 9.47 Å². The molecule has 0 atom stereocenters. The minimum atomic E-state index is -0.359. The van der Waals surface area contributed by atoms with Crippen molar-refractivity contribution < 1.29 is 19.1 Å². The molecule has 0 aliphatic heterocycles. The minimum absolute atomic E-state index is 0.279. The van der Waals surface area contributed by atoms with Gasteiger partial charge in [0.15, 0.2) is 0 Å². The van der Waals surface area contributed by atoms with Crippen LogP contribution in [-0.2, 0) is 20.7 Å². The number of rotatable bonds is 7. The normalized spacial score (nSPS) is 11.0. The van der Waals surface area contributed by atoms with Crippen LogP contribution >= 0.6 is 0 Å². The third-order valence-electron chi connectivity index (χ3n) is 5.35. The molecular weight excluding hydrogens is 424 g/mol. The second-order valence-corrected chi connectivity index (χ2v) is 8.09. The Hall–Kier alpha value is -3.84. The lowest BCUT2D eigenvalue weighted by Gasteiger charge is -2.09. The van der Waals surface area contributed by atoms with Crippen molar-refractivity contribution in [1.29, 1.82) is 0 Å². The number of fused-ring (bicyclic) bond motifs is 1. The lowest BCUT2D eigenvalue weighted by molar-refractivity contribution is -0.138. The van der Waals surface area contributed by atoms with Crippen LogP contribution in [0, 0.1) is 25.7 Å². The minimum Gasteiger partial charge on any atom is -0.463 e. The van der Waals surface area contributed by atoms with Crippen molar-refractivity contribution in [1.82, 2.24) is 0 Å². The van der Waals surface area contributed by atoms with Crippen LogP contribution in [0.25, 0.3) is 16.8 Å². The SMILES string of the molecule is CCOC(=O)/C(=C\c1ccc(C)cc1)CC#CCc1cc(C(=O)OCC)cc2ccc(C)cc12. The Morgan fingerprint density at radius 2 is 1.56 bits per heavy atom. The van der Waals surface area contributed by atoms with Crippen LogP contribution in [0.2, 0.25) is 0 Å². The summed E-state index contributed by atoms with van der Waals surface area (Å²) in [5.41, 5.74) is 5.20. The van der Waals surface area contributed by atoms with E-state index in [0.29, 0.717) is 30.8 Å². The van der Waals surface area contributed by atoms with E-state index in [-0.39, 0.29) is 18.4 Å².